The summed E-state index contributed by atoms with van der Waals surface area (Å²) in [6, 6.07) is 18.1. The number of hydrogen-bond donors (Lipinski definition) is 0. The summed E-state index contributed by atoms with van der Waals surface area (Å²) in [4.78, 5) is 30.7. The first-order chi connectivity index (χ1) is 14.0. The largest absolute Gasteiger partial charge is 0.345 e. The molecular formula is C24H31N3O2. The van der Waals surface area contributed by atoms with Crippen LogP contribution < -0.4 is 0 Å². The molecule has 0 N–H and O–H groups in total. The van der Waals surface area contributed by atoms with Gasteiger partial charge in [-0.05, 0) is 56.1 Å². The number of carbonyl (C=O) groups excluding carboxylic acids is 2. The molecule has 5 nitrogen and oxygen atoms in total. The predicted octanol–water partition coefficient (Wildman–Crippen LogP) is 3.17. The van der Waals surface area contributed by atoms with Gasteiger partial charge in [0.15, 0.2) is 0 Å². The molecule has 0 radical (unpaired) electrons. The first kappa shape index (κ1) is 21.1. The highest BCUT2D eigenvalue weighted by molar-refractivity contribution is 5.97. The van der Waals surface area contributed by atoms with E-state index in [1.54, 1.807) is 38.4 Å². The first-order valence-electron chi connectivity index (χ1n) is 10.3. The van der Waals surface area contributed by atoms with Crippen LogP contribution in [0.1, 0.15) is 39.1 Å². The summed E-state index contributed by atoms with van der Waals surface area (Å²) in [7, 11) is 5.64. The van der Waals surface area contributed by atoms with Crippen molar-refractivity contribution in [3.8, 4) is 0 Å². The van der Waals surface area contributed by atoms with E-state index >= 15 is 0 Å². The molecule has 3 rings (SSSR count). The van der Waals surface area contributed by atoms with Crippen LogP contribution in [0.3, 0.4) is 0 Å². The van der Waals surface area contributed by atoms with Gasteiger partial charge in [0.2, 0.25) is 0 Å². The van der Waals surface area contributed by atoms with Crippen molar-refractivity contribution in [2.45, 2.75) is 25.3 Å². The highest BCUT2D eigenvalue weighted by Gasteiger charge is 2.26. The fourth-order valence-electron chi connectivity index (χ4n) is 3.84. The van der Waals surface area contributed by atoms with E-state index in [4.69, 9.17) is 0 Å². The minimum atomic E-state index is -0.0525. The van der Waals surface area contributed by atoms with Gasteiger partial charge in [0.05, 0.1) is 0 Å². The maximum atomic E-state index is 12.8. The van der Waals surface area contributed by atoms with Crippen LogP contribution >= 0.6 is 0 Å². The Kier molecular flexibility index (Phi) is 7.04. The van der Waals surface area contributed by atoms with Gasteiger partial charge in [-0.25, -0.2) is 0 Å². The van der Waals surface area contributed by atoms with Crippen LogP contribution in [0.4, 0.5) is 0 Å². The van der Waals surface area contributed by atoms with Crippen molar-refractivity contribution in [2.75, 3.05) is 40.8 Å². The Hall–Kier alpha value is -2.66. The topological polar surface area (TPSA) is 43.9 Å². The van der Waals surface area contributed by atoms with Crippen LogP contribution in [0.15, 0.2) is 54.6 Å². The summed E-state index contributed by atoms with van der Waals surface area (Å²) in [5.74, 6) is 0.00240. The molecule has 0 aromatic heterocycles. The van der Waals surface area contributed by atoms with Crippen LogP contribution in [0.25, 0.3) is 0 Å². The second-order valence-electron chi connectivity index (χ2n) is 8.02. The van der Waals surface area contributed by atoms with Crippen LogP contribution in [0.2, 0.25) is 0 Å². The molecule has 1 aliphatic heterocycles. The molecule has 29 heavy (non-hydrogen) atoms. The van der Waals surface area contributed by atoms with Crippen molar-refractivity contribution in [1.82, 2.24) is 14.7 Å². The summed E-state index contributed by atoms with van der Waals surface area (Å²) in [6.45, 7) is 2.58. The van der Waals surface area contributed by atoms with Gasteiger partial charge in [-0.2, -0.15) is 0 Å². The van der Waals surface area contributed by atoms with E-state index in [-0.39, 0.29) is 11.8 Å². The van der Waals surface area contributed by atoms with E-state index in [2.05, 4.69) is 36.2 Å². The lowest BCUT2D eigenvalue weighted by Gasteiger charge is -2.37. The Labute approximate surface area is 173 Å². The Bertz CT molecular complexity index is 810. The number of likely N-dealkylation sites (N-methyl/N-ethyl adjacent to an activating group) is 1. The molecule has 1 fully saturated rings. The maximum absolute atomic E-state index is 12.8. The first-order valence-corrected chi connectivity index (χ1v) is 10.3. The van der Waals surface area contributed by atoms with E-state index in [0.29, 0.717) is 17.2 Å². The van der Waals surface area contributed by atoms with E-state index in [0.717, 1.165) is 38.9 Å². The van der Waals surface area contributed by atoms with Gasteiger partial charge in [-0.1, -0.05) is 30.3 Å². The summed E-state index contributed by atoms with van der Waals surface area (Å²) >= 11 is 0. The number of piperidine rings is 1. The van der Waals surface area contributed by atoms with Gasteiger partial charge in [-0.3, -0.25) is 9.59 Å². The molecule has 0 unspecified atom stereocenters. The molecule has 0 aliphatic carbocycles. The zero-order valence-electron chi connectivity index (χ0n) is 17.7. The van der Waals surface area contributed by atoms with Crippen molar-refractivity contribution in [3.63, 3.8) is 0 Å². The molecule has 0 spiro atoms. The smallest absolute Gasteiger partial charge is 0.253 e. The molecule has 1 heterocycles. The third-order valence-corrected chi connectivity index (χ3v) is 5.76. The molecule has 0 atom stereocenters. The molecule has 2 amide bonds. The Morgan fingerprint density at radius 1 is 0.897 bits per heavy atom. The summed E-state index contributed by atoms with van der Waals surface area (Å²) < 4.78 is 0. The number of amides is 2. The number of likely N-dealkylation sites (tertiary alicyclic amines) is 1. The van der Waals surface area contributed by atoms with Crippen molar-refractivity contribution in [2.24, 2.45) is 0 Å². The fourth-order valence-corrected chi connectivity index (χ4v) is 3.84. The Balaban J connectivity index is 1.49. The van der Waals surface area contributed by atoms with Gasteiger partial charge in [0.1, 0.15) is 0 Å². The fraction of sp³-hybridized carbons (Fsp3) is 0.417. The minimum absolute atomic E-state index is 0.0525. The van der Waals surface area contributed by atoms with E-state index in [1.807, 2.05) is 11.0 Å². The quantitative estimate of drug-likeness (QED) is 0.757. The van der Waals surface area contributed by atoms with E-state index in [9.17, 15) is 9.59 Å². The summed E-state index contributed by atoms with van der Waals surface area (Å²) in [5.41, 5.74) is 2.62. The third-order valence-electron chi connectivity index (χ3n) is 5.76. The van der Waals surface area contributed by atoms with Crippen LogP contribution in [0, 0.1) is 0 Å². The number of benzene rings is 2. The average molecular weight is 394 g/mol. The third kappa shape index (κ3) is 5.45. The zero-order chi connectivity index (χ0) is 20.8. The molecule has 0 saturated carbocycles. The maximum Gasteiger partial charge on any atom is 0.253 e. The normalized spacial score (nSPS) is 14.8. The molecular weight excluding hydrogens is 362 g/mol. The van der Waals surface area contributed by atoms with E-state index < -0.39 is 0 Å². The van der Waals surface area contributed by atoms with Crippen LogP contribution in [-0.2, 0) is 6.42 Å². The zero-order valence-corrected chi connectivity index (χ0v) is 17.7. The van der Waals surface area contributed by atoms with Crippen molar-refractivity contribution in [1.29, 1.82) is 0 Å². The lowest BCUT2D eigenvalue weighted by Crippen LogP contribution is -2.46. The summed E-state index contributed by atoms with van der Waals surface area (Å²) in [5, 5.41) is 0. The standard InChI is InChI=1S/C24H31N3O2/c1-25(2)23(28)20-9-11-21(12-10-20)24(29)27-17-14-22(15-18-27)26(3)16-13-19-7-5-4-6-8-19/h4-12,22H,13-18H2,1-3H3. The lowest BCUT2D eigenvalue weighted by molar-refractivity contribution is 0.0646. The summed E-state index contributed by atoms with van der Waals surface area (Å²) in [6.07, 6.45) is 3.04. The number of nitrogens with zero attached hydrogens (tertiary/aromatic N) is 3. The highest BCUT2D eigenvalue weighted by atomic mass is 16.2. The molecule has 1 saturated heterocycles. The molecule has 0 bridgehead atoms. The van der Waals surface area contributed by atoms with Crippen LogP contribution in [-0.4, -0.2) is 73.3 Å². The van der Waals surface area contributed by atoms with Gasteiger partial charge in [0.25, 0.3) is 11.8 Å². The average Bonchev–Trinajstić information content (AvgIpc) is 2.77. The van der Waals surface area contributed by atoms with Gasteiger partial charge in [-0.15, -0.1) is 0 Å². The molecule has 1 aliphatic rings. The van der Waals surface area contributed by atoms with Crippen molar-refractivity contribution < 1.29 is 9.59 Å². The minimum Gasteiger partial charge on any atom is -0.345 e. The van der Waals surface area contributed by atoms with Crippen LogP contribution in [0.5, 0.6) is 0 Å². The monoisotopic (exact) mass is 393 g/mol. The predicted molar refractivity (Wildman–Crippen MR) is 116 cm³/mol. The molecule has 2 aromatic carbocycles. The van der Waals surface area contributed by atoms with E-state index in [1.165, 1.54) is 10.5 Å². The van der Waals surface area contributed by atoms with Gasteiger partial charge < -0.3 is 14.7 Å². The lowest BCUT2D eigenvalue weighted by atomic mass is 10.0. The molecule has 154 valence electrons. The van der Waals surface area contributed by atoms with Gasteiger partial charge in [0, 0.05) is 50.9 Å². The Morgan fingerprint density at radius 3 is 2.07 bits per heavy atom. The van der Waals surface area contributed by atoms with Crippen molar-refractivity contribution >= 4 is 11.8 Å². The highest BCUT2D eigenvalue weighted by Crippen LogP contribution is 2.18. The number of carbonyl (C=O) groups is 2. The second-order valence-corrected chi connectivity index (χ2v) is 8.02. The second kappa shape index (κ2) is 9.70. The SMILES string of the molecule is CN(C)C(=O)c1ccc(C(=O)N2CCC(N(C)CCc3ccccc3)CC2)cc1. The number of hydrogen-bond acceptors (Lipinski definition) is 3. The van der Waals surface area contributed by atoms with Gasteiger partial charge >= 0.3 is 0 Å². The Morgan fingerprint density at radius 2 is 1.48 bits per heavy atom. The van der Waals surface area contributed by atoms with Crippen molar-refractivity contribution in [3.05, 3.63) is 71.3 Å². The molecule has 5 heteroatoms. The number of rotatable bonds is 6. The molecule has 2 aromatic rings.